The van der Waals surface area contributed by atoms with Gasteiger partial charge in [-0.1, -0.05) is 20.3 Å². The third kappa shape index (κ3) is 12.4. The molecule has 0 aromatic rings. The summed E-state index contributed by atoms with van der Waals surface area (Å²) in [5.74, 6) is -0.503. The highest BCUT2D eigenvalue weighted by molar-refractivity contribution is 5.68. The van der Waals surface area contributed by atoms with Crippen LogP contribution in [0.15, 0.2) is 0 Å². The maximum absolute atomic E-state index is 11.5. The number of ether oxygens (including phenoxy) is 2. The molecular weight excluding hydrogens is 286 g/mol. The van der Waals surface area contributed by atoms with Crippen molar-refractivity contribution in [3.8, 4) is 0 Å². The SMILES string of the molecule is CC[C@H](C)COC[C@@H](CCNC(=O)OC(C)(C)C)CC(=O)O. The molecule has 2 atom stereocenters. The Bertz CT molecular complexity index is 338. The first kappa shape index (κ1) is 20.7. The molecule has 6 heteroatoms. The van der Waals surface area contributed by atoms with Gasteiger partial charge in [-0.3, -0.25) is 4.79 Å². The number of carbonyl (C=O) groups is 2. The topological polar surface area (TPSA) is 84.9 Å². The molecule has 0 saturated carbocycles. The van der Waals surface area contributed by atoms with Crippen LogP contribution < -0.4 is 5.32 Å². The molecule has 0 aliphatic heterocycles. The van der Waals surface area contributed by atoms with E-state index in [1.807, 2.05) is 0 Å². The number of hydrogen-bond donors (Lipinski definition) is 2. The zero-order valence-electron chi connectivity index (χ0n) is 14.5. The molecule has 6 nitrogen and oxygen atoms in total. The van der Waals surface area contributed by atoms with Crippen LogP contribution in [0.2, 0.25) is 0 Å². The highest BCUT2D eigenvalue weighted by Crippen LogP contribution is 2.11. The molecule has 0 unspecified atom stereocenters. The predicted molar refractivity (Wildman–Crippen MR) is 84.9 cm³/mol. The van der Waals surface area contributed by atoms with Crippen molar-refractivity contribution in [3.05, 3.63) is 0 Å². The van der Waals surface area contributed by atoms with Crippen molar-refractivity contribution < 1.29 is 24.2 Å². The summed E-state index contributed by atoms with van der Waals surface area (Å²) >= 11 is 0. The summed E-state index contributed by atoms with van der Waals surface area (Å²) in [6.45, 7) is 11.0. The molecule has 0 fully saturated rings. The molecule has 0 radical (unpaired) electrons. The van der Waals surface area contributed by atoms with Crippen molar-refractivity contribution >= 4 is 12.1 Å². The van der Waals surface area contributed by atoms with Crippen LogP contribution in [0.4, 0.5) is 4.79 Å². The molecule has 1 amide bonds. The van der Waals surface area contributed by atoms with E-state index in [1.54, 1.807) is 20.8 Å². The van der Waals surface area contributed by atoms with Gasteiger partial charge in [-0.25, -0.2) is 4.79 Å². The van der Waals surface area contributed by atoms with E-state index in [-0.39, 0.29) is 12.3 Å². The van der Waals surface area contributed by atoms with Gasteiger partial charge in [-0.2, -0.15) is 0 Å². The third-order valence-electron chi connectivity index (χ3n) is 3.14. The second kappa shape index (κ2) is 10.4. The Balaban J connectivity index is 4.08. The smallest absolute Gasteiger partial charge is 0.407 e. The first-order valence-corrected chi connectivity index (χ1v) is 7.90. The van der Waals surface area contributed by atoms with Crippen molar-refractivity contribution in [2.45, 2.75) is 59.5 Å². The van der Waals surface area contributed by atoms with Gasteiger partial charge in [0.25, 0.3) is 0 Å². The summed E-state index contributed by atoms with van der Waals surface area (Å²) in [6.07, 6.45) is 1.13. The van der Waals surface area contributed by atoms with Gasteiger partial charge in [0.2, 0.25) is 0 Å². The van der Waals surface area contributed by atoms with Crippen LogP contribution in [-0.2, 0) is 14.3 Å². The summed E-state index contributed by atoms with van der Waals surface area (Å²) < 4.78 is 10.7. The number of rotatable bonds is 10. The van der Waals surface area contributed by atoms with Crippen LogP contribution in [0.1, 0.15) is 53.9 Å². The lowest BCUT2D eigenvalue weighted by Gasteiger charge is -2.21. The van der Waals surface area contributed by atoms with E-state index in [0.29, 0.717) is 32.1 Å². The maximum atomic E-state index is 11.5. The first-order chi connectivity index (χ1) is 10.1. The average Bonchev–Trinajstić information content (AvgIpc) is 2.35. The quantitative estimate of drug-likeness (QED) is 0.647. The Morgan fingerprint density at radius 1 is 1.23 bits per heavy atom. The monoisotopic (exact) mass is 317 g/mol. The van der Waals surface area contributed by atoms with Crippen LogP contribution in [0.25, 0.3) is 0 Å². The Morgan fingerprint density at radius 3 is 2.36 bits per heavy atom. The van der Waals surface area contributed by atoms with Crippen molar-refractivity contribution in [1.82, 2.24) is 5.32 Å². The second-order valence-electron chi connectivity index (χ2n) is 6.73. The number of nitrogens with one attached hydrogen (secondary N) is 1. The van der Waals surface area contributed by atoms with Gasteiger partial charge in [0.15, 0.2) is 0 Å². The van der Waals surface area contributed by atoms with Crippen LogP contribution in [0, 0.1) is 11.8 Å². The van der Waals surface area contributed by atoms with Crippen molar-refractivity contribution in [2.75, 3.05) is 19.8 Å². The summed E-state index contributed by atoms with van der Waals surface area (Å²) in [7, 11) is 0. The van der Waals surface area contributed by atoms with Gasteiger partial charge in [0.05, 0.1) is 13.0 Å². The molecule has 0 aliphatic carbocycles. The molecule has 130 valence electrons. The molecule has 0 saturated heterocycles. The van der Waals surface area contributed by atoms with E-state index in [2.05, 4.69) is 19.2 Å². The molecule has 0 spiro atoms. The summed E-state index contributed by atoms with van der Waals surface area (Å²) in [5, 5.41) is 11.6. The number of carbonyl (C=O) groups excluding carboxylic acids is 1. The van der Waals surface area contributed by atoms with Crippen molar-refractivity contribution in [2.24, 2.45) is 11.8 Å². The fourth-order valence-corrected chi connectivity index (χ4v) is 1.74. The van der Waals surface area contributed by atoms with E-state index in [9.17, 15) is 9.59 Å². The maximum Gasteiger partial charge on any atom is 0.407 e. The minimum atomic E-state index is -0.852. The minimum Gasteiger partial charge on any atom is -0.481 e. The van der Waals surface area contributed by atoms with Crippen LogP contribution >= 0.6 is 0 Å². The van der Waals surface area contributed by atoms with Gasteiger partial charge >= 0.3 is 12.1 Å². The van der Waals surface area contributed by atoms with E-state index in [1.165, 1.54) is 0 Å². The number of carboxylic acid groups (broad SMARTS) is 1. The van der Waals surface area contributed by atoms with Gasteiger partial charge in [0, 0.05) is 13.2 Å². The molecule has 0 rings (SSSR count). The molecule has 0 heterocycles. The van der Waals surface area contributed by atoms with Gasteiger partial charge in [0.1, 0.15) is 5.60 Å². The fraction of sp³-hybridized carbons (Fsp3) is 0.875. The van der Waals surface area contributed by atoms with Gasteiger partial charge < -0.3 is 19.9 Å². The number of hydrogen-bond acceptors (Lipinski definition) is 4. The standard InChI is InChI=1S/C16H31NO5/c1-6-12(2)10-21-11-13(9-14(18)19)7-8-17-15(20)22-16(3,4)5/h12-13H,6-11H2,1-5H3,(H,17,20)(H,18,19)/t12-,13-/m0/s1. The normalized spacial score (nSPS) is 14.2. The van der Waals surface area contributed by atoms with E-state index < -0.39 is 17.7 Å². The average molecular weight is 317 g/mol. The van der Waals surface area contributed by atoms with Gasteiger partial charge in [-0.15, -0.1) is 0 Å². The van der Waals surface area contributed by atoms with Gasteiger partial charge in [-0.05, 0) is 39.0 Å². The lowest BCUT2D eigenvalue weighted by molar-refractivity contribution is -0.138. The number of carboxylic acids is 1. The van der Waals surface area contributed by atoms with Crippen molar-refractivity contribution in [3.63, 3.8) is 0 Å². The largest absolute Gasteiger partial charge is 0.481 e. The Hall–Kier alpha value is -1.30. The van der Waals surface area contributed by atoms with E-state index in [0.717, 1.165) is 6.42 Å². The lowest BCUT2D eigenvalue weighted by atomic mass is 10.0. The number of aliphatic carboxylic acids is 1. The highest BCUT2D eigenvalue weighted by Gasteiger charge is 2.18. The molecule has 22 heavy (non-hydrogen) atoms. The highest BCUT2D eigenvalue weighted by atomic mass is 16.6. The Kier molecular flexibility index (Phi) is 9.81. The Labute approximate surface area is 133 Å². The van der Waals surface area contributed by atoms with E-state index >= 15 is 0 Å². The summed E-state index contributed by atoms with van der Waals surface area (Å²) in [4.78, 5) is 22.4. The zero-order chi connectivity index (χ0) is 17.2. The second-order valence-corrected chi connectivity index (χ2v) is 6.73. The van der Waals surface area contributed by atoms with Crippen molar-refractivity contribution in [1.29, 1.82) is 0 Å². The van der Waals surface area contributed by atoms with E-state index in [4.69, 9.17) is 14.6 Å². The number of amides is 1. The Morgan fingerprint density at radius 2 is 1.86 bits per heavy atom. The molecule has 0 aromatic heterocycles. The lowest BCUT2D eigenvalue weighted by Crippen LogP contribution is -2.34. The van der Waals surface area contributed by atoms with Crippen LogP contribution in [0.5, 0.6) is 0 Å². The molecule has 0 aliphatic rings. The molecular formula is C16H31NO5. The zero-order valence-corrected chi connectivity index (χ0v) is 14.5. The number of alkyl carbamates (subject to hydrolysis) is 1. The minimum absolute atomic E-state index is 0.0382. The third-order valence-corrected chi connectivity index (χ3v) is 3.14. The predicted octanol–water partition coefficient (Wildman–Crippen LogP) is 3.05. The fourth-order valence-electron chi connectivity index (χ4n) is 1.74. The summed E-state index contributed by atoms with van der Waals surface area (Å²) in [6, 6.07) is 0. The molecule has 0 bridgehead atoms. The first-order valence-electron chi connectivity index (χ1n) is 7.90. The molecule has 0 aromatic carbocycles. The summed E-state index contributed by atoms with van der Waals surface area (Å²) in [5.41, 5.74) is -0.538. The van der Waals surface area contributed by atoms with Crippen LogP contribution in [0.3, 0.4) is 0 Å². The molecule has 2 N–H and O–H groups in total. The van der Waals surface area contributed by atoms with Crippen LogP contribution in [-0.4, -0.2) is 42.5 Å².